The SMILES string of the molecule is CC(C)n1nc(CC2[C@@H]3CC[C@H]2CNC3)nc1Oc1ccc(F)c(C(F)(F)F)c1.Cc1nnc(N2C[C@H]3CC[C@@H](C2)C3Cc2nc(Oc3ccc(F)c(C(F)(F)F)c3)n(C(C)C)n2)o1. The Morgan fingerprint density at radius 3 is 1.52 bits per heavy atom. The topological polar surface area (TPSA) is 134 Å². The number of nitrogens with zero attached hydrogens (tertiary/aromatic N) is 9. The summed E-state index contributed by atoms with van der Waals surface area (Å²) >= 11 is 0. The molecular weight excluding hydrogens is 857 g/mol. The van der Waals surface area contributed by atoms with Gasteiger partial charge in [-0.15, -0.1) is 5.10 Å². The van der Waals surface area contributed by atoms with Crippen LogP contribution in [-0.4, -0.2) is 65.9 Å². The van der Waals surface area contributed by atoms with Crippen LogP contribution < -0.4 is 19.7 Å². The fourth-order valence-electron chi connectivity index (χ4n) is 9.66. The molecule has 4 aliphatic rings. The van der Waals surface area contributed by atoms with Crippen LogP contribution in [0.4, 0.5) is 41.1 Å². The summed E-state index contributed by atoms with van der Waals surface area (Å²) in [4.78, 5) is 11.1. The lowest BCUT2D eigenvalue weighted by Crippen LogP contribution is -2.43. The minimum absolute atomic E-state index is 0.0841. The molecule has 5 heterocycles. The number of benzene rings is 2. The summed E-state index contributed by atoms with van der Waals surface area (Å²) in [7, 11) is 0. The minimum Gasteiger partial charge on any atom is -0.424 e. The van der Waals surface area contributed by atoms with Crippen molar-refractivity contribution in [2.24, 2.45) is 35.5 Å². The molecule has 21 heteroatoms. The smallest absolute Gasteiger partial charge is 0.419 e. The number of piperidine rings is 2. The molecule has 0 amide bonds. The van der Waals surface area contributed by atoms with Gasteiger partial charge in [-0.05, 0) is 138 Å². The average Bonchev–Trinajstić information content (AvgIpc) is 4.03. The Balaban J connectivity index is 0.000000178. The summed E-state index contributed by atoms with van der Waals surface area (Å²) in [6, 6.07) is 5.64. The highest BCUT2D eigenvalue weighted by atomic mass is 19.4. The van der Waals surface area contributed by atoms with Gasteiger partial charge in [0.25, 0.3) is 0 Å². The van der Waals surface area contributed by atoms with Crippen LogP contribution in [0, 0.1) is 54.1 Å². The van der Waals surface area contributed by atoms with Crippen molar-refractivity contribution >= 4 is 6.01 Å². The summed E-state index contributed by atoms with van der Waals surface area (Å²) < 4.78 is 125. The zero-order valence-electron chi connectivity index (χ0n) is 35.9. The highest BCUT2D eigenvalue weighted by Gasteiger charge is 2.44. The number of nitrogens with one attached hydrogen (secondary N) is 1. The molecule has 13 nitrogen and oxygen atoms in total. The third-order valence-electron chi connectivity index (χ3n) is 12.8. The second-order valence-corrected chi connectivity index (χ2v) is 17.8. The second-order valence-electron chi connectivity index (χ2n) is 17.8. The fourth-order valence-corrected chi connectivity index (χ4v) is 9.66. The highest BCUT2D eigenvalue weighted by molar-refractivity contribution is 5.35. The molecule has 5 aromatic rings. The molecule has 0 spiro atoms. The molecular formula is C43H50F8N10O3. The molecule has 1 N–H and O–H groups in total. The number of hydrogen-bond donors (Lipinski definition) is 1. The summed E-state index contributed by atoms with van der Waals surface area (Å²) in [5, 5.41) is 20.7. The van der Waals surface area contributed by atoms with Crippen LogP contribution in [0.5, 0.6) is 23.5 Å². The lowest BCUT2D eigenvalue weighted by Gasteiger charge is -2.36. The first-order valence-corrected chi connectivity index (χ1v) is 21.6. The van der Waals surface area contributed by atoms with Crippen molar-refractivity contribution in [3.63, 3.8) is 0 Å². The molecule has 4 bridgehead atoms. The monoisotopic (exact) mass is 906 g/mol. The van der Waals surface area contributed by atoms with E-state index in [-0.39, 0.29) is 35.6 Å². The summed E-state index contributed by atoms with van der Waals surface area (Å²) in [5.41, 5.74) is -2.75. The Kier molecular flexibility index (Phi) is 12.7. The van der Waals surface area contributed by atoms with Gasteiger partial charge < -0.3 is 24.1 Å². The molecule has 2 aliphatic carbocycles. The van der Waals surface area contributed by atoms with Gasteiger partial charge >= 0.3 is 30.4 Å². The van der Waals surface area contributed by atoms with Gasteiger partial charge in [0.2, 0.25) is 5.89 Å². The standard InChI is InChI=1S/C23H26F4N6O2.C20H24F4N4O/c1-12(2)33-21(35-16-6-7-19(24)18(8-16)23(25,26)27)28-20(31-33)9-17-14-4-5-15(17)11-32(10-14)22-30-29-13(3)34-22;1-11(2)28-19(29-14-5-6-17(21)16(7-14)20(22,23)24)26-18(27-28)8-15-12-3-4-13(15)10-25-9-12/h6-8,12,14-15,17H,4-5,9-11H2,1-3H3;5-7,11-13,15,25H,3-4,8-10H2,1-2H3/t14-,15+,17?;12-,13+,15?. The number of ether oxygens (including phenoxy) is 2. The lowest BCUT2D eigenvalue weighted by molar-refractivity contribution is -0.140. The van der Waals surface area contributed by atoms with Crippen molar-refractivity contribution in [1.82, 2.24) is 45.0 Å². The van der Waals surface area contributed by atoms with E-state index in [4.69, 9.17) is 13.9 Å². The number of aryl methyl sites for hydroxylation is 1. The Labute approximate surface area is 363 Å². The molecule has 4 fully saturated rings. The van der Waals surface area contributed by atoms with Crippen molar-refractivity contribution in [1.29, 1.82) is 0 Å². The van der Waals surface area contributed by atoms with E-state index < -0.39 is 35.1 Å². The minimum atomic E-state index is -4.82. The van der Waals surface area contributed by atoms with Gasteiger partial charge in [-0.2, -0.15) is 46.5 Å². The third-order valence-corrected chi connectivity index (χ3v) is 12.8. The second kappa shape index (κ2) is 17.9. The third kappa shape index (κ3) is 9.83. The first-order chi connectivity index (χ1) is 30.3. The van der Waals surface area contributed by atoms with Crippen molar-refractivity contribution < 1.29 is 49.0 Å². The molecule has 2 saturated heterocycles. The first kappa shape index (κ1) is 45.2. The zero-order valence-corrected chi connectivity index (χ0v) is 35.9. The maximum absolute atomic E-state index is 13.7. The van der Waals surface area contributed by atoms with Gasteiger partial charge in [-0.25, -0.2) is 18.1 Å². The summed E-state index contributed by atoms with van der Waals surface area (Å²) in [6.45, 7) is 13.0. The van der Waals surface area contributed by atoms with Crippen LogP contribution in [0.3, 0.4) is 0 Å². The molecule has 0 radical (unpaired) electrons. The van der Waals surface area contributed by atoms with Crippen molar-refractivity contribution in [2.75, 3.05) is 31.1 Å². The number of halogens is 8. The fraction of sp³-hybridized carbons (Fsp3) is 0.581. The molecule has 2 saturated carbocycles. The van der Waals surface area contributed by atoms with Gasteiger partial charge in [0.15, 0.2) is 11.6 Å². The van der Waals surface area contributed by atoms with Crippen LogP contribution in [0.1, 0.15) is 94.1 Å². The van der Waals surface area contributed by atoms with E-state index in [2.05, 4.69) is 40.6 Å². The molecule has 3 aromatic heterocycles. The largest absolute Gasteiger partial charge is 0.424 e. The number of rotatable bonds is 11. The molecule has 346 valence electrons. The van der Waals surface area contributed by atoms with Crippen LogP contribution in [0.2, 0.25) is 0 Å². The first-order valence-electron chi connectivity index (χ1n) is 21.6. The van der Waals surface area contributed by atoms with Gasteiger partial charge in [0.05, 0.1) is 23.2 Å². The zero-order chi connectivity index (χ0) is 45.7. The average molecular weight is 907 g/mol. The van der Waals surface area contributed by atoms with E-state index in [0.717, 1.165) is 69.7 Å². The summed E-state index contributed by atoms with van der Waals surface area (Å²) in [5.74, 6) is 1.72. The normalized spacial score (nSPS) is 23.2. The number of anilines is 1. The Morgan fingerprint density at radius 2 is 1.11 bits per heavy atom. The number of fused-ring (bicyclic) bond motifs is 4. The summed E-state index contributed by atoms with van der Waals surface area (Å²) in [6.07, 6.45) is -3.68. The van der Waals surface area contributed by atoms with Gasteiger partial charge in [-0.1, -0.05) is 5.10 Å². The predicted octanol–water partition coefficient (Wildman–Crippen LogP) is 9.80. The molecule has 2 unspecified atom stereocenters. The van der Waals surface area contributed by atoms with Crippen molar-refractivity contribution in [3.05, 3.63) is 76.7 Å². The van der Waals surface area contributed by atoms with Crippen molar-refractivity contribution in [2.45, 2.75) is 97.6 Å². The van der Waals surface area contributed by atoms with Gasteiger partial charge in [-0.3, -0.25) is 0 Å². The van der Waals surface area contributed by atoms with E-state index in [1.165, 1.54) is 12.8 Å². The molecule has 2 aliphatic heterocycles. The number of aromatic nitrogens is 8. The lowest BCUT2D eigenvalue weighted by atomic mass is 9.82. The van der Waals surface area contributed by atoms with E-state index in [1.807, 2.05) is 27.7 Å². The van der Waals surface area contributed by atoms with E-state index in [1.54, 1.807) is 16.3 Å². The Morgan fingerprint density at radius 1 is 0.672 bits per heavy atom. The van der Waals surface area contributed by atoms with E-state index >= 15 is 0 Å². The van der Waals surface area contributed by atoms with Gasteiger partial charge in [0.1, 0.15) is 23.1 Å². The van der Waals surface area contributed by atoms with E-state index in [0.29, 0.717) is 77.6 Å². The van der Waals surface area contributed by atoms with Gasteiger partial charge in [0, 0.05) is 32.9 Å². The number of alkyl halides is 6. The molecule has 9 rings (SSSR count). The van der Waals surface area contributed by atoms with Crippen LogP contribution >= 0.6 is 0 Å². The number of hydrogen-bond acceptors (Lipinski definition) is 11. The van der Waals surface area contributed by atoms with Crippen LogP contribution in [-0.2, 0) is 25.2 Å². The molecule has 6 atom stereocenters. The maximum Gasteiger partial charge on any atom is 0.419 e. The van der Waals surface area contributed by atoms with E-state index in [9.17, 15) is 35.1 Å². The van der Waals surface area contributed by atoms with Crippen LogP contribution in [0.25, 0.3) is 0 Å². The quantitative estimate of drug-likeness (QED) is 0.127. The molecule has 64 heavy (non-hydrogen) atoms. The van der Waals surface area contributed by atoms with Crippen molar-refractivity contribution in [3.8, 4) is 23.5 Å². The Bertz CT molecular complexity index is 2380. The van der Waals surface area contributed by atoms with Crippen LogP contribution in [0.15, 0.2) is 40.8 Å². The molecule has 2 aromatic carbocycles. The highest BCUT2D eigenvalue weighted by Crippen LogP contribution is 2.45. The predicted molar refractivity (Wildman–Crippen MR) is 215 cm³/mol. The maximum atomic E-state index is 13.7. The Hall–Kier alpha value is -5.34.